The van der Waals surface area contributed by atoms with Crippen LogP contribution in [-0.2, 0) is 14.9 Å². The molecule has 1 aliphatic rings. The Morgan fingerprint density at radius 1 is 1.53 bits per heavy atom. The molecule has 8 nitrogen and oxygen atoms in total. The predicted molar refractivity (Wildman–Crippen MR) is 71.2 cm³/mol. The van der Waals surface area contributed by atoms with Gasteiger partial charge in [-0.25, -0.2) is 0 Å². The fourth-order valence-electron chi connectivity index (χ4n) is 2.15. The molecule has 9 heteroatoms. The quantitative estimate of drug-likeness (QED) is 0.183. The summed E-state index contributed by atoms with van der Waals surface area (Å²) in [5, 5.41) is 11.5. The number of nitrogens with one attached hydrogen (secondary N) is 1. The minimum Gasteiger partial charge on any atom is -0.409 e. The van der Waals surface area contributed by atoms with Crippen LogP contribution in [-0.4, -0.2) is 56.6 Å². The molecular formula is C10H22N4O4S. The van der Waals surface area contributed by atoms with Gasteiger partial charge in [-0.05, 0) is 12.8 Å². The summed E-state index contributed by atoms with van der Waals surface area (Å²) >= 11 is 0. The number of rotatable bonds is 8. The Morgan fingerprint density at radius 2 is 2.16 bits per heavy atom. The molecular weight excluding hydrogens is 272 g/mol. The third kappa shape index (κ3) is 4.94. The van der Waals surface area contributed by atoms with E-state index in [9.17, 15) is 8.42 Å². The molecule has 1 aliphatic carbocycles. The number of amidine groups is 1. The van der Waals surface area contributed by atoms with Crippen LogP contribution in [0.1, 0.15) is 25.7 Å². The topological polar surface area (TPSA) is 117 Å². The molecule has 1 rings (SSSR count). The van der Waals surface area contributed by atoms with E-state index in [1.807, 2.05) is 0 Å². The average molecular weight is 294 g/mol. The van der Waals surface area contributed by atoms with Crippen molar-refractivity contribution in [2.75, 3.05) is 26.8 Å². The lowest BCUT2D eigenvalue weighted by molar-refractivity contribution is 0.203. The van der Waals surface area contributed by atoms with E-state index < -0.39 is 10.2 Å². The molecule has 0 amide bonds. The van der Waals surface area contributed by atoms with Crippen molar-refractivity contribution in [3.63, 3.8) is 0 Å². The van der Waals surface area contributed by atoms with E-state index in [1.54, 1.807) is 0 Å². The van der Waals surface area contributed by atoms with Crippen molar-refractivity contribution in [3.05, 3.63) is 0 Å². The Hall–Kier alpha value is -0.900. The zero-order valence-electron chi connectivity index (χ0n) is 11.1. The highest BCUT2D eigenvalue weighted by Crippen LogP contribution is 2.24. The van der Waals surface area contributed by atoms with Gasteiger partial charge in [0.25, 0.3) is 10.2 Å². The first kappa shape index (κ1) is 16.2. The van der Waals surface area contributed by atoms with Gasteiger partial charge in [-0.15, -0.1) is 0 Å². The van der Waals surface area contributed by atoms with E-state index in [2.05, 4.69) is 9.88 Å². The number of hydrogen-bond donors (Lipinski definition) is 3. The number of methoxy groups -OCH3 is 1. The molecule has 112 valence electrons. The molecule has 0 aromatic heterocycles. The van der Waals surface area contributed by atoms with Crippen LogP contribution in [0.2, 0.25) is 0 Å². The SMILES string of the molecule is COCCNS(=O)(=O)N(CC(N)=NO)C1CCCC1. The molecule has 0 atom stereocenters. The molecule has 0 aromatic rings. The number of hydrogen-bond acceptors (Lipinski definition) is 5. The second-order valence-electron chi connectivity index (χ2n) is 4.47. The molecule has 0 unspecified atom stereocenters. The summed E-state index contributed by atoms with van der Waals surface area (Å²) < 4.78 is 32.9. The average Bonchev–Trinajstić information content (AvgIpc) is 2.89. The second-order valence-corrected chi connectivity index (χ2v) is 6.17. The monoisotopic (exact) mass is 294 g/mol. The summed E-state index contributed by atoms with van der Waals surface area (Å²) in [5.41, 5.74) is 5.43. The molecule has 0 heterocycles. The van der Waals surface area contributed by atoms with Gasteiger partial charge in [0.1, 0.15) is 0 Å². The van der Waals surface area contributed by atoms with Gasteiger partial charge in [0.05, 0.1) is 13.2 Å². The Morgan fingerprint density at radius 3 is 2.68 bits per heavy atom. The molecule has 0 spiro atoms. The van der Waals surface area contributed by atoms with Crippen molar-refractivity contribution in [3.8, 4) is 0 Å². The van der Waals surface area contributed by atoms with E-state index in [4.69, 9.17) is 15.7 Å². The fourth-order valence-corrected chi connectivity index (χ4v) is 3.56. The first-order chi connectivity index (χ1) is 9.01. The lowest BCUT2D eigenvalue weighted by Crippen LogP contribution is -2.49. The van der Waals surface area contributed by atoms with Crippen LogP contribution in [0.5, 0.6) is 0 Å². The first-order valence-corrected chi connectivity index (χ1v) is 7.67. The van der Waals surface area contributed by atoms with Crippen LogP contribution in [0.15, 0.2) is 5.16 Å². The van der Waals surface area contributed by atoms with Gasteiger partial charge in [0.15, 0.2) is 5.84 Å². The van der Waals surface area contributed by atoms with Crippen molar-refractivity contribution < 1.29 is 18.4 Å². The Labute approximate surface area is 113 Å². The summed E-state index contributed by atoms with van der Waals surface area (Å²) in [5.74, 6) is -0.121. The summed E-state index contributed by atoms with van der Waals surface area (Å²) in [6.07, 6.45) is 3.57. The van der Waals surface area contributed by atoms with E-state index in [0.29, 0.717) is 6.61 Å². The van der Waals surface area contributed by atoms with Crippen molar-refractivity contribution >= 4 is 16.0 Å². The van der Waals surface area contributed by atoms with E-state index in [-0.39, 0.29) is 25.0 Å². The summed E-state index contributed by atoms with van der Waals surface area (Å²) in [6.45, 7) is 0.378. The maximum Gasteiger partial charge on any atom is 0.280 e. The van der Waals surface area contributed by atoms with Crippen LogP contribution in [0.3, 0.4) is 0 Å². The summed E-state index contributed by atoms with van der Waals surface area (Å²) in [7, 11) is -2.15. The minimum atomic E-state index is -3.65. The zero-order chi connectivity index (χ0) is 14.3. The fraction of sp³-hybridized carbons (Fsp3) is 0.900. The molecule has 1 saturated carbocycles. The molecule has 19 heavy (non-hydrogen) atoms. The molecule has 0 aliphatic heterocycles. The minimum absolute atomic E-state index is 0.0969. The standard InChI is InChI=1S/C10H22N4O4S/c1-18-7-6-12-19(16,17)14(8-10(11)13-15)9-4-2-3-5-9/h9,12,15H,2-8H2,1H3,(H2,11,13). The summed E-state index contributed by atoms with van der Waals surface area (Å²) in [6, 6.07) is -0.0969. The predicted octanol–water partition coefficient (Wildman–Crippen LogP) is -0.542. The van der Waals surface area contributed by atoms with Crippen LogP contribution in [0, 0.1) is 0 Å². The normalized spacial score (nSPS) is 18.3. The van der Waals surface area contributed by atoms with Crippen molar-refractivity contribution in [1.29, 1.82) is 0 Å². The van der Waals surface area contributed by atoms with Gasteiger partial charge in [-0.3, -0.25) is 0 Å². The molecule has 0 radical (unpaired) electrons. The van der Waals surface area contributed by atoms with Gasteiger partial charge in [0.2, 0.25) is 0 Å². The Bertz CT molecular complexity index is 392. The van der Waals surface area contributed by atoms with E-state index >= 15 is 0 Å². The van der Waals surface area contributed by atoms with Gasteiger partial charge < -0.3 is 15.7 Å². The molecule has 0 bridgehead atoms. The van der Waals surface area contributed by atoms with E-state index in [0.717, 1.165) is 25.7 Å². The maximum atomic E-state index is 12.2. The molecule has 1 fully saturated rings. The number of nitrogens with zero attached hydrogens (tertiary/aromatic N) is 2. The number of ether oxygens (including phenoxy) is 1. The van der Waals surface area contributed by atoms with Crippen LogP contribution < -0.4 is 10.5 Å². The highest BCUT2D eigenvalue weighted by Gasteiger charge is 2.32. The summed E-state index contributed by atoms with van der Waals surface area (Å²) in [4.78, 5) is 0. The molecule has 0 saturated heterocycles. The molecule has 0 aromatic carbocycles. The Balaban J connectivity index is 2.76. The van der Waals surface area contributed by atoms with Gasteiger partial charge in [0, 0.05) is 19.7 Å². The van der Waals surface area contributed by atoms with Gasteiger partial charge in [-0.1, -0.05) is 18.0 Å². The largest absolute Gasteiger partial charge is 0.409 e. The zero-order valence-corrected chi connectivity index (χ0v) is 11.9. The number of nitrogens with two attached hydrogens (primary N) is 1. The highest BCUT2D eigenvalue weighted by atomic mass is 32.2. The lowest BCUT2D eigenvalue weighted by Gasteiger charge is -2.27. The van der Waals surface area contributed by atoms with Gasteiger partial charge >= 0.3 is 0 Å². The van der Waals surface area contributed by atoms with Crippen LogP contribution >= 0.6 is 0 Å². The van der Waals surface area contributed by atoms with E-state index in [1.165, 1.54) is 11.4 Å². The number of oxime groups is 1. The van der Waals surface area contributed by atoms with Crippen LogP contribution in [0.4, 0.5) is 0 Å². The third-order valence-electron chi connectivity index (χ3n) is 3.08. The van der Waals surface area contributed by atoms with Crippen molar-refractivity contribution in [1.82, 2.24) is 9.03 Å². The van der Waals surface area contributed by atoms with Crippen molar-refractivity contribution in [2.45, 2.75) is 31.7 Å². The lowest BCUT2D eigenvalue weighted by atomic mass is 10.2. The Kier molecular flexibility index (Phi) is 6.49. The van der Waals surface area contributed by atoms with Crippen molar-refractivity contribution in [2.24, 2.45) is 10.9 Å². The smallest absolute Gasteiger partial charge is 0.280 e. The molecule has 4 N–H and O–H groups in total. The maximum absolute atomic E-state index is 12.2. The van der Waals surface area contributed by atoms with Crippen LogP contribution in [0.25, 0.3) is 0 Å². The second kappa shape index (κ2) is 7.63. The first-order valence-electron chi connectivity index (χ1n) is 6.23. The van der Waals surface area contributed by atoms with Gasteiger partial charge in [-0.2, -0.15) is 17.4 Å². The highest BCUT2D eigenvalue weighted by molar-refractivity contribution is 7.87. The third-order valence-corrected chi connectivity index (χ3v) is 4.69.